The average molecular weight is 286 g/mol. The molecule has 1 atom stereocenters. The maximum Gasteiger partial charge on any atom is 0.146 e. The van der Waals surface area contributed by atoms with Crippen molar-refractivity contribution in [3.63, 3.8) is 0 Å². The molecule has 2 nitrogen and oxygen atoms in total. The number of nitrogens with two attached hydrogens (primary N) is 1. The summed E-state index contributed by atoms with van der Waals surface area (Å²) in [4.78, 5) is 2.03. The van der Waals surface area contributed by atoms with Crippen LogP contribution in [0.15, 0.2) is 48.5 Å². The lowest BCUT2D eigenvalue weighted by molar-refractivity contribution is 0.598. The second kappa shape index (κ2) is 7.23. The molecule has 2 aromatic carbocycles. The van der Waals surface area contributed by atoms with Crippen LogP contribution in [0.1, 0.15) is 30.5 Å². The normalized spacial score (nSPS) is 12.2. The van der Waals surface area contributed by atoms with Gasteiger partial charge in [-0.1, -0.05) is 42.0 Å². The summed E-state index contributed by atoms with van der Waals surface area (Å²) >= 11 is 0. The van der Waals surface area contributed by atoms with Crippen molar-refractivity contribution in [2.45, 2.75) is 26.3 Å². The summed E-state index contributed by atoms with van der Waals surface area (Å²) in [5.74, 6) is -0.178. The zero-order valence-corrected chi connectivity index (χ0v) is 12.7. The molecule has 0 heterocycles. The van der Waals surface area contributed by atoms with Crippen molar-refractivity contribution in [2.75, 3.05) is 18.0 Å². The van der Waals surface area contributed by atoms with Crippen LogP contribution in [0.25, 0.3) is 0 Å². The molecule has 2 N–H and O–H groups in total. The van der Waals surface area contributed by atoms with E-state index in [0.29, 0.717) is 5.69 Å². The molecule has 0 saturated heterocycles. The van der Waals surface area contributed by atoms with Gasteiger partial charge < -0.3 is 10.6 Å². The number of benzene rings is 2. The predicted octanol–water partition coefficient (Wildman–Crippen LogP) is 4.05. The van der Waals surface area contributed by atoms with Crippen molar-refractivity contribution < 1.29 is 4.39 Å². The number of nitrogens with zero attached hydrogens (tertiary/aromatic N) is 1. The topological polar surface area (TPSA) is 29.3 Å². The summed E-state index contributed by atoms with van der Waals surface area (Å²) in [5.41, 5.74) is 9.25. The molecular formula is C18H23FN2. The van der Waals surface area contributed by atoms with Crippen molar-refractivity contribution in [1.29, 1.82) is 0 Å². The van der Waals surface area contributed by atoms with E-state index in [0.717, 1.165) is 25.1 Å². The van der Waals surface area contributed by atoms with E-state index >= 15 is 0 Å². The number of rotatable bonds is 6. The second-order valence-electron chi connectivity index (χ2n) is 5.34. The molecule has 0 radical (unpaired) electrons. The van der Waals surface area contributed by atoms with E-state index in [1.165, 1.54) is 11.6 Å². The average Bonchev–Trinajstić information content (AvgIpc) is 2.50. The van der Waals surface area contributed by atoms with Crippen molar-refractivity contribution >= 4 is 5.69 Å². The van der Waals surface area contributed by atoms with E-state index in [-0.39, 0.29) is 11.9 Å². The molecule has 2 aromatic rings. The molecule has 0 aliphatic heterocycles. The van der Waals surface area contributed by atoms with E-state index in [2.05, 4.69) is 31.2 Å². The number of aryl methyl sites for hydroxylation is 1. The molecule has 0 saturated carbocycles. The third-order valence-corrected chi connectivity index (χ3v) is 3.79. The minimum atomic E-state index is -0.178. The van der Waals surface area contributed by atoms with Crippen LogP contribution in [0.3, 0.4) is 0 Å². The van der Waals surface area contributed by atoms with Crippen molar-refractivity contribution in [3.05, 3.63) is 65.5 Å². The fourth-order valence-corrected chi connectivity index (χ4v) is 2.43. The van der Waals surface area contributed by atoms with Crippen LogP contribution in [0.4, 0.5) is 10.1 Å². The van der Waals surface area contributed by atoms with Gasteiger partial charge in [0.05, 0.1) is 5.69 Å². The third-order valence-electron chi connectivity index (χ3n) is 3.79. The van der Waals surface area contributed by atoms with Crippen LogP contribution in [-0.2, 0) is 0 Å². The number of halogens is 1. The van der Waals surface area contributed by atoms with E-state index in [1.54, 1.807) is 6.07 Å². The molecular weight excluding hydrogens is 263 g/mol. The molecule has 3 heteroatoms. The lowest BCUT2D eigenvalue weighted by atomic mass is 10.0. The van der Waals surface area contributed by atoms with Gasteiger partial charge in [-0.25, -0.2) is 4.39 Å². The van der Waals surface area contributed by atoms with Gasteiger partial charge in [0.25, 0.3) is 0 Å². The van der Waals surface area contributed by atoms with E-state index in [4.69, 9.17) is 5.73 Å². The lowest BCUT2D eigenvalue weighted by Crippen LogP contribution is -2.27. The highest BCUT2D eigenvalue weighted by atomic mass is 19.1. The lowest BCUT2D eigenvalue weighted by Gasteiger charge is -2.25. The molecule has 1 unspecified atom stereocenters. The van der Waals surface area contributed by atoms with Gasteiger partial charge in [-0.2, -0.15) is 0 Å². The molecule has 0 aliphatic carbocycles. The van der Waals surface area contributed by atoms with Crippen molar-refractivity contribution in [1.82, 2.24) is 0 Å². The van der Waals surface area contributed by atoms with Crippen LogP contribution < -0.4 is 10.6 Å². The van der Waals surface area contributed by atoms with Gasteiger partial charge in [0.1, 0.15) is 5.82 Å². The second-order valence-corrected chi connectivity index (χ2v) is 5.34. The van der Waals surface area contributed by atoms with Gasteiger partial charge in [0.2, 0.25) is 0 Å². The first-order chi connectivity index (χ1) is 10.1. The fourth-order valence-electron chi connectivity index (χ4n) is 2.43. The SMILES string of the molecule is CCN(CCC(N)c1ccc(C)cc1)c1ccccc1F. The van der Waals surface area contributed by atoms with E-state index in [1.807, 2.05) is 24.0 Å². The Hall–Kier alpha value is -1.87. The highest BCUT2D eigenvalue weighted by Gasteiger charge is 2.12. The van der Waals surface area contributed by atoms with Crippen LogP contribution in [0.2, 0.25) is 0 Å². The predicted molar refractivity (Wildman–Crippen MR) is 87.0 cm³/mol. The maximum atomic E-state index is 13.8. The van der Waals surface area contributed by atoms with Gasteiger partial charge >= 0.3 is 0 Å². The number of hydrogen-bond donors (Lipinski definition) is 1. The van der Waals surface area contributed by atoms with Gasteiger partial charge in [-0.3, -0.25) is 0 Å². The Morgan fingerprint density at radius 2 is 1.76 bits per heavy atom. The summed E-state index contributed by atoms with van der Waals surface area (Å²) in [6.45, 7) is 5.60. The number of hydrogen-bond acceptors (Lipinski definition) is 2. The quantitative estimate of drug-likeness (QED) is 0.868. The monoisotopic (exact) mass is 286 g/mol. The van der Waals surface area contributed by atoms with Gasteiger partial charge in [0.15, 0.2) is 0 Å². The van der Waals surface area contributed by atoms with Gasteiger partial charge in [0, 0.05) is 19.1 Å². The molecule has 0 aliphatic rings. The Kier molecular flexibility index (Phi) is 5.34. The van der Waals surface area contributed by atoms with Crippen LogP contribution in [0.5, 0.6) is 0 Å². The fraction of sp³-hybridized carbons (Fsp3) is 0.333. The first kappa shape index (κ1) is 15.5. The minimum Gasteiger partial charge on any atom is -0.369 e. The Balaban J connectivity index is 2.00. The molecule has 0 aromatic heterocycles. The van der Waals surface area contributed by atoms with Gasteiger partial charge in [-0.15, -0.1) is 0 Å². The Morgan fingerprint density at radius 1 is 1.10 bits per heavy atom. The largest absolute Gasteiger partial charge is 0.369 e. The molecule has 21 heavy (non-hydrogen) atoms. The maximum absolute atomic E-state index is 13.8. The Labute approximate surface area is 126 Å². The molecule has 0 bridgehead atoms. The first-order valence-electron chi connectivity index (χ1n) is 7.43. The zero-order valence-electron chi connectivity index (χ0n) is 12.7. The minimum absolute atomic E-state index is 0.0218. The smallest absolute Gasteiger partial charge is 0.146 e. The van der Waals surface area contributed by atoms with Crippen molar-refractivity contribution in [3.8, 4) is 0 Å². The zero-order chi connectivity index (χ0) is 15.2. The summed E-state index contributed by atoms with van der Waals surface area (Å²) in [5, 5.41) is 0. The summed E-state index contributed by atoms with van der Waals surface area (Å²) in [6, 6.07) is 15.2. The Bertz CT molecular complexity index is 566. The Morgan fingerprint density at radius 3 is 2.38 bits per heavy atom. The van der Waals surface area contributed by atoms with Crippen LogP contribution >= 0.6 is 0 Å². The third kappa shape index (κ3) is 4.05. The molecule has 2 rings (SSSR count). The van der Waals surface area contributed by atoms with Gasteiger partial charge in [-0.05, 0) is 38.0 Å². The van der Waals surface area contributed by atoms with Crippen molar-refractivity contribution in [2.24, 2.45) is 5.73 Å². The summed E-state index contributed by atoms with van der Waals surface area (Å²) < 4.78 is 13.8. The van der Waals surface area contributed by atoms with Crippen LogP contribution in [0, 0.1) is 12.7 Å². The van der Waals surface area contributed by atoms with E-state index < -0.39 is 0 Å². The summed E-state index contributed by atoms with van der Waals surface area (Å²) in [6.07, 6.45) is 0.797. The standard InChI is InChI=1S/C18H23FN2/c1-3-21(18-7-5-4-6-16(18)19)13-12-17(20)15-10-8-14(2)9-11-15/h4-11,17H,3,12-13,20H2,1-2H3. The molecule has 0 fully saturated rings. The number of para-hydroxylation sites is 1. The summed E-state index contributed by atoms with van der Waals surface area (Å²) in [7, 11) is 0. The van der Waals surface area contributed by atoms with Crippen LogP contribution in [-0.4, -0.2) is 13.1 Å². The first-order valence-corrected chi connectivity index (χ1v) is 7.43. The highest BCUT2D eigenvalue weighted by molar-refractivity contribution is 5.47. The highest BCUT2D eigenvalue weighted by Crippen LogP contribution is 2.21. The van der Waals surface area contributed by atoms with E-state index in [9.17, 15) is 4.39 Å². The molecule has 0 amide bonds. The molecule has 0 spiro atoms. The molecule has 112 valence electrons. The number of anilines is 1.